The highest BCUT2D eigenvalue weighted by atomic mass is 35.5. The van der Waals surface area contributed by atoms with Gasteiger partial charge in [-0.1, -0.05) is 35.3 Å². The molecule has 6 N–H and O–H groups in total. The highest BCUT2D eigenvalue weighted by molar-refractivity contribution is 6.42. The van der Waals surface area contributed by atoms with E-state index in [1.807, 2.05) is 60.7 Å². The summed E-state index contributed by atoms with van der Waals surface area (Å²) in [7, 11) is 0. The normalized spacial score (nSPS) is 10.9. The van der Waals surface area contributed by atoms with Gasteiger partial charge in [0.05, 0.1) is 32.1 Å². The second-order valence-electron chi connectivity index (χ2n) is 8.17. The first-order chi connectivity index (χ1) is 16.9. The number of imidazole rings is 2. The summed E-state index contributed by atoms with van der Waals surface area (Å²) in [6.45, 7) is 2.07. The molecule has 2 aromatic heterocycles. The molecule has 0 bridgehead atoms. The molecule has 6 nitrogen and oxygen atoms in total. The summed E-state index contributed by atoms with van der Waals surface area (Å²) in [5, 5.41) is 1.01. The smallest absolute Gasteiger partial charge is 0.138 e. The van der Waals surface area contributed by atoms with Crippen LogP contribution in [0, 0.1) is 6.92 Å². The highest BCUT2D eigenvalue weighted by Crippen LogP contribution is 2.29. The molecule has 35 heavy (non-hydrogen) atoms. The van der Waals surface area contributed by atoms with E-state index in [4.69, 9.17) is 34.7 Å². The van der Waals surface area contributed by atoms with Crippen LogP contribution in [0.4, 0.5) is 11.4 Å². The van der Waals surface area contributed by atoms with Crippen LogP contribution in [0.2, 0.25) is 10.0 Å². The SMILES string of the molecule is Cc1cccc2[nH]c(-c3ccc(N)cc3)nc12.Nc1ccc(-c2nc3cc(Cl)c(Cl)cc3[nH]2)cc1. The van der Waals surface area contributed by atoms with Crippen LogP contribution in [0.1, 0.15) is 5.56 Å². The Morgan fingerprint density at radius 3 is 1.80 bits per heavy atom. The van der Waals surface area contributed by atoms with Crippen molar-refractivity contribution in [1.29, 1.82) is 0 Å². The molecular formula is C27H22Cl2N6. The van der Waals surface area contributed by atoms with Crippen LogP contribution >= 0.6 is 23.2 Å². The minimum atomic E-state index is 0.500. The molecule has 0 aliphatic carbocycles. The molecule has 6 rings (SSSR count). The van der Waals surface area contributed by atoms with Crippen molar-refractivity contribution in [3.8, 4) is 22.8 Å². The fraction of sp³-hybridized carbons (Fsp3) is 0.0370. The van der Waals surface area contributed by atoms with Crippen LogP contribution in [-0.4, -0.2) is 19.9 Å². The molecule has 0 saturated carbocycles. The van der Waals surface area contributed by atoms with Crippen LogP contribution in [0.25, 0.3) is 44.8 Å². The van der Waals surface area contributed by atoms with Crippen LogP contribution in [0.15, 0.2) is 78.9 Å². The Kier molecular flexibility index (Phi) is 6.07. The lowest BCUT2D eigenvalue weighted by molar-refractivity contribution is 1.33. The lowest BCUT2D eigenvalue weighted by atomic mass is 10.2. The topological polar surface area (TPSA) is 109 Å². The summed E-state index contributed by atoms with van der Waals surface area (Å²) in [5.74, 6) is 1.65. The number of hydrogen-bond donors (Lipinski definition) is 4. The number of halogens is 2. The molecule has 0 saturated heterocycles. The molecule has 0 aliphatic heterocycles. The molecule has 2 heterocycles. The number of fused-ring (bicyclic) bond motifs is 2. The van der Waals surface area contributed by atoms with Crippen LogP contribution in [0.5, 0.6) is 0 Å². The zero-order chi connectivity index (χ0) is 24.5. The van der Waals surface area contributed by atoms with Gasteiger partial charge in [0.1, 0.15) is 11.6 Å². The minimum absolute atomic E-state index is 0.500. The summed E-state index contributed by atoms with van der Waals surface area (Å²) in [5.41, 5.74) is 19.8. The van der Waals surface area contributed by atoms with Gasteiger partial charge in [-0.2, -0.15) is 0 Å². The molecule has 8 heteroatoms. The van der Waals surface area contributed by atoms with Crippen molar-refractivity contribution in [3.63, 3.8) is 0 Å². The molecule has 0 unspecified atom stereocenters. The Bertz CT molecular complexity index is 1590. The van der Waals surface area contributed by atoms with Crippen molar-refractivity contribution >= 4 is 56.6 Å². The Morgan fingerprint density at radius 1 is 0.657 bits per heavy atom. The van der Waals surface area contributed by atoms with E-state index in [1.165, 1.54) is 5.56 Å². The molecule has 6 aromatic rings. The lowest BCUT2D eigenvalue weighted by Gasteiger charge is -1.96. The number of nitrogens with one attached hydrogen (secondary N) is 2. The van der Waals surface area contributed by atoms with Crippen LogP contribution < -0.4 is 11.5 Å². The first-order valence-electron chi connectivity index (χ1n) is 10.9. The average molecular weight is 501 g/mol. The van der Waals surface area contributed by atoms with Crippen molar-refractivity contribution in [2.75, 3.05) is 11.5 Å². The number of nitrogens with two attached hydrogens (primary N) is 2. The molecule has 0 radical (unpaired) electrons. The van der Waals surface area contributed by atoms with E-state index in [0.717, 1.165) is 56.2 Å². The number of benzene rings is 4. The van der Waals surface area contributed by atoms with Crippen molar-refractivity contribution < 1.29 is 0 Å². The zero-order valence-electron chi connectivity index (χ0n) is 18.8. The summed E-state index contributed by atoms with van der Waals surface area (Å²) in [6.07, 6.45) is 0. The number of H-pyrrole nitrogens is 2. The Hall–Kier alpha value is -4.00. The number of anilines is 2. The largest absolute Gasteiger partial charge is 0.399 e. The number of aromatic amines is 2. The third-order valence-corrected chi connectivity index (χ3v) is 6.33. The van der Waals surface area contributed by atoms with Gasteiger partial charge in [-0.05, 0) is 79.2 Å². The number of para-hydroxylation sites is 1. The van der Waals surface area contributed by atoms with Crippen LogP contribution in [0.3, 0.4) is 0 Å². The molecule has 174 valence electrons. The van der Waals surface area contributed by atoms with Crippen LogP contribution in [-0.2, 0) is 0 Å². The average Bonchev–Trinajstić information content (AvgIpc) is 3.46. The fourth-order valence-electron chi connectivity index (χ4n) is 3.74. The van der Waals surface area contributed by atoms with Gasteiger partial charge in [0, 0.05) is 22.5 Å². The first-order valence-corrected chi connectivity index (χ1v) is 11.6. The summed E-state index contributed by atoms with van der Waals surface area (Å²) in [6, 6.07) is 24.9. The van der Waals surface area contributed by atoms with E-state index < -0.39 is 0 Å². The van der Waals surface area contributed by atoms with E-state index >= 15 is 0 Å². The molecule has 0 aliphatic rings. The number of rotatable bonds is 2. The minimum Gasteiger partial charge on any atom is -0.399 e. The molecule has 0 fully saturated rings. The predicted molar refractivity (Wildman–Crippen MR) is 147 cm³/mol. The monoisotopic (exact) mass is 500 g/mol. The maximum absolute atomic E-state index is 5.97. The van der Waals surface area contributed by atoms with Gasteiger partial charge in [0.15, 0.2) is 0 Å². The van der Waals surface area contributed by atoms with Crippen molar-refractivity contribution in [2.24, 2.45) is 0 Å². The number of nitrogens with zero attached hydrogens (tertiary/aromatic N) is 2. The third-order valence-electron chi connectivity index (χ3n) is 5.61. The summed E-state index contributed by atoms with van der Waals surface area (Å²) >= 11 is 11.9. The Balaban J connectivity index is 0.000000145. The van der Waals surface area contributed by atoms with Gasteiger partial charge in [-0.25, -0.2) is 9.97 Å². The van der Waals surface area contributed by atoms with Crippen molar-refractivity contribution in [3.05, 3.63) is 94.5 Å². The number of nitrogen functional groups attached to an aromatic ring is 2. The second-order valence-corrected chi connectivity index (χ2v) is 8.98. The first kappa shape index (κ1) is 22.8. The fourth-order valence-corrected chi connectivity index (χ4v) is 4.06. The van der Waals surface area contributed by atoms with Gasteiger partial charge < -0.3 is 21.4 Å². The van der Waals surface area contributed by atoms with E-state index in [-0.39, 0.29) is 0 Å². The quantitative estimate of drug-likeness (QED) is 0.188. The summed E-state index contributed by atoms with van der Waals surface area (Å²) in [4.78, 5) is 15.6. The van der Waals surface area contributed by atoms with Crippen molar-refractivity contribution in [1.82, 2.24) is 19.9 Å². The van der Waals surface area contributed by atoms with E-state index in [0.29, 0.717) is 10.0 Å². The Morgan fingerprint density at radius 2 is 1.20 bits per heavy atom. The summed E-state index contributed by atoms with van der Waals surface area (Å²) < 4.78 is 0. The van der Waals surface area contributed by atoms with Gasteiger partial charge in [-0.15, -0.1) is 0 Å². The molecule has 4 aromatic carbocycles. The maximum Gasteiger partial charge on any atom is 0.138 e. The number of hydrogen-bond acceptors (Lipinski definition) is 4. The standard InChI is InChI=1S/C14H13N3.C13H9Cl2N3/c1-9-3-2-4-12-13(9)17-14(16-12)10-5-7-11(15)8-6-10;14-9-5-11-12(6-10(9)15)18-13(17-11)7-1-3-8(16)4-2-7/h2-8H,15H2,1H3,(H,16,17);1-6H,16H2,(H,17,18). The number of aryl methyl sites for hydroxylation is 1. The van der Waals surface area contributed by atoms with E-state index in [1.54, 1.807) is 12.1 Å². The highest BCUT2D eigenvalue weighted by Gasteiger charge is 2.08. The molecule has 0 amide bonds. The molecular weight excluding hydrogens is 479 g/mol. The van der Waals surface area contributed by atoms with Gasteiger partial charge in [0.2, 0.25) is 0 Å². The van der Waals surface area contributed by atoms with Gasteiger partial charge in [0.25, 0.3) is 0 Å². The third kappa shape index (κ3) is 4.80. The van der Waals surface area contributed by atoms with Gasteiger partial charge >= 0.3 is 0 Å². The molecule has 0 spiro atoms. The Labute approximate surface area is 211 Å². The van der Waals surface area contributed by atoms with Gasteiger partial charge in [-0.3, -0.25) is 0 Å². The number of aromatic nitrogens is 4. The predicted octanol–water partition coefficient (Wildman–Crippen LogP) is 7.24. The maximum atomic E-state index is 5.97. The zero-order valence-corrected chi connectivity index (χ0v) is 20.3. The van der Waals surface area contributed by atoms with Crippen molar-refractivity contribution in [2.45, 2.75) is 6.92 Å². The second kappa shape index (κ2) is 9.33. The molecule has 0 atom stereocenters. The lowest BCUT2D eigenvalue weighted by Crippen LogP contribution is -1.84. The van der Waals surface area contributed by atoms with E-state index in [2.05, 4.69) is 32.9 Å². The van der Waals surface area contributed by atoms with E-state index in [9.17, 15) is 0 Å².